The molecule has 0 fully saturated rings. The fourth-order valence-electron chi connectivity index (χ4n) is 2.26. The molecule has 0 atom stereocenters. The minimum Gasteiger partial charge on any atom is -0.504 e. The van der Waals surface area contributed by atoms with Gasteiger partial charge >= 0.3 is 5.97 Å². The quantitative estimate of drug-likeness (QED) is 0.398. The van der Waals surface area contributed by atoms with E-state index in [0.29, 0.717) is 22.6 Å². The van der Waals surface area contributed by atoms with E-state index >= 15 is 0 Å². The van der Waals surface area contributed by atoms with Gasteiger partial charge in [0.1, 0.15) is 0 Å². The van der Waals surface area contributed by atoms with Gasteiger partial charge in [0.05, 0.1) is 20.6 Å². The number of hydrogen-bond donors (Lipinski definition) is 3. The number of phenolic OH excluding ortho intramolecular Hbond substituents is 2. The number of allylic oxidation sites excluding steroid dienone is 2. The summed E-state index contributed by atoms with van der Waals surface area (Å²) in [7, 11) is 2.87. The molecule has 3 N–H and O–H groups in total. The number of aromatic hydroxyl groups is 2. The highest BCUT2D eigenvalue weighted by Crippen LogP contribution is 2.27. The van der Waals surface area contributed by atoms with Crippen LogP contribution in [0.25, 0.3) is 12.2 Å². The van der Waals surface area contributed by atoms with E-state index < -0.39 is 5.97 Å². The molecule has 32 heavy (non-hydrogen) atoms. The monoisotopic (exact) mass is 440 g/mol. The summed E-state index contributed by atoms with van der Waals surface area (Å²) < 4.78 is 10.00. The number of hydrogen-bond acceptors (Lipinski definition) is 7. The Balaban J connectivity index is 0.000000920. The first-order chi connectivity index (χ1) is 15.2. The molecular weight excluding hydrogens is 416 g/mol. The molecule has 0 aliphatic heterocycles. The number of phenols is 2. The van der Waals surface area contributed by atoms with Gasteiger partial charge in [-0.3, -0.25) is 9.59 Å². The second-order valence-electron chi connectivity index (χ2n) is 6.18. The molecule has 0 aliphatic rings. The van der Waals surface area contributed by atoms with Gasteiger partial charge in [0, 0.05) is 6.08 Å². The lowest BCUT2D eigenvalue weighted by Gasteiger charge is -2.03. The lowest BCUT2D eigenvalue weighted by atomic mass is 10.1. The SMILES string of the molecule is C=CC(=O)O.COc1cc(/C=C/C(=O)CC(=O)/C=C/c2ccc(O)c(OC)c2)ccc1O. The van der Waals surface area contributed by atoms with Crippen molar-refractivity contribution in [3.05, 3.63) is 72.3 Å². The van der Waals surface area contributed by atoms with E-state index in [-0.39, 0.29) is 29.5 Å². The second kappa shape index (κ2) is 13.1. The Morgan fingerprint density at radius 3 is 1.53 bits per heavy atom. The van der Waals surface area contributed by atoms with Crippen molar-refractivity contribution in [1.29, 1.82) is 0 Å². The molecule has 0 unspecified atom stereocenters. The summed E-state index contributed by atoms with van der Waals surface area (Å²) in [6, 6.07) is 9.34. The van der Waals surface area contributed by atoms with Crippen molar-refractivity contribution >= 4 is 29.7 Å². The normalized spacial score (nSPS) is 10.3. The first kappa shape index (κ1) is 25.7. The van der Waals surface area contributed by atoms with Crippen LogP contribution < -0.4 is 9.47 Å². The summed E-state index contributed by atoms with van der Waals surface area (Å²) in [5.41, 5.74) is 1.33. The number of methoxy groups -OCH3 is 2. The number of benzene rings is 2. The molecule has 0 bridgehead atoms. The predicted octanol–water partition coefficient (Wildman–Crippen LogP) is 3.63. The molecule has 0 aliphatic carbocycles. The van der Waals surface area contributed by atoms with E-state index in [0.717, 1.165) is 6.08 Å². The summed E-state index contributed by atoms with van der Waals surface area (Å²) in [5.74, 6) is -1.06. The van der Waals surface area contributed by atoms with Crippen LogP contribution >= 0.6 is 0 Å². The molecule has 2 aromatic rings. The average Bonchev–Trinajstić information content (AvgIpc) is 2.78. The van der Waals surface area contributed by atoms with Gasteiger partial charge in [-0.05, 0) is 47.5 Å². The van der Waals surface area contributed by atoms with Crippen molar-refractivity contribution in [2.75, 3.05) is 14.2 Å². The minimum absolute atomic E-state index is 0.00662. The molecule has 0 saturated heterocycles. The second-order valence-corrected chi connectivity index (χ2v) is 6.18. The zero-order valence-corrected chi connectivity index (χ0v) is 17.6. The van der Waals surface area contributed by atoms with E-state index in [9.17, 15) is 24.6 Å². The molecule has 168 valence electrons. The first-order valence-electron chi connectivity index (χ1n) is 9.21. The van der Waals surface area contributed by atoms with E-state index in [1.165, 1.54) is 38.5 Å². The van der Waals surface area contributed by atoms with Gasteiger partial charge in [-0.25, -0.2) is 4.79 Å². The molecule has 0 aromatic heterocycles. The predicted molar refractivity (Wildman–Crippen MR) is 120 cm³/mol. The number of carbonyl (C=O) groups is 3. The third-order valence-electron chi connectivity index (χ3n) is 3.85. The van der Waals surface area contributed by atoms with E-state index in [4.69, 9.17) is 14.6 Å². The van der Waals surface area contributed by atoms with Crippen LogP contribution in [0.15, 0.2) is 61.2 Å². The molecule has 8 nitrogen and oxygen atoms in total. The number of carboxylic acid groups (broad SMARTS) is 1. The van der Waals surface area contributed by atoms with Crippen LogP contribution in [0.4, 0.5) is 0 Å². The molecule has 8 heteroatoms. The van der Waals surface area contributed by atoms with Crippen molar-refractivity contribution in [3.63, 3.8) is 0 Å². The molecule has 0 spiro atoms. The fraction of sp³-hybridized carbons (Fsp3) is 0.125. The lowest BCUT2D eigenvalue weighted by Crippen LogP contribution is -2.01. The topological polar surface area (TPSA) is 130 Å². The number of ketones is 2. The number of carbonyl (C=O) groups excluding carboxylic acids is 2. The Kier molecular flexibility index (Phi) is 10.5. The molecule has 0 radical (unpaired) electrons. The summed E-state index contributed by atoms with van der Waals surface area (Å²) >= 11 is 0. The number of carboxylic acids is 1. The molecule has 2 rings (SSSR count). The Bertz CT molecular complexity index is 961. The molecule has 2 aromatic carbocycles. The van der Waals surface area contributed by atoms with Gasteiger partial charge < -0.3 is 24.8 Å². The fourth-order valence-corrected chi connectivity index (χ4v) is 2.26. The Morgan fingerprint density at radius 1 is 0.844 bits per heavy atom. The van der Waals surface area contributed by atoms with Crippen molar-refractivity contribution in [2.45, 2.75) is 6.42 Å². The van der Waals surface area contributed by atoms with E-state index in [1.54, 1.807) is 36.4 Å². The third-order valence-corrected chi connectivity index (χ3v) is 3.85. The van der Waals surface area contributed by atoms with Crippen LogP contribution in [-0.4, -0.2) is 47.1 Å². The van der Waals surface area contributed by atoms with Crippen LogP contribution in [0.3, 0.4) is 0 Å². The van der Waals surface area contributed by atoms with E-state index in [2.05, 4.69) is 6.58 Å². The van der Waals surface area contributed by atoms with Crippen LogP contribution in [0.2, 0.25) is 0 Å². The summed E-state index contributed by atoms with van der Waals surface area (Å²) in [4.78, 5) is 33.1. The molecule has 0 heterocycles. The molecule has 0 amide bonds. The Hall–Kier alpha value is -4.33. The lowest BCUT2D eigenvalue weighted by molar-refractivity contribution is -0.131. The van der Waals surface area contributed by atoms with Crippen LogP contribution in [0.1, 0.15) is 17.5 Å². The van der Waals surface area contributed by atoms with Gasteiger partial charge in [0.15, 0.2) is 34.6 Å². The zero-order chi connectivity index (χ0) is 24.1. The maximum Gasteiger partial charge on any atom is 0.327 e. The highest BCUT2D eigenvalue weighted by molar-refractivity contribution is 6.10. The van der Waals surface area contributed by atoms with Gasteiger partial charge in [-0.1, -0.05) is 30.9 Å². The summed E-state index contributed by atoms with van der Waals surface area (Å²) in [6.45, 7) is 2.96. The molecule has 0 saturated carbocycles. The smallest absolute Gasteiger partial charge is 0.327 e. The average molecular weight is 440 g/mol. The van der Waals surface area contributed by atoms with Crippen molar-refractivity contribution in [1.82, 2.24) is 0 Å². The van der Waals surface area contributed by atoms with Crippen LogP contribution in [-0.2, 0) is 14.4 Å². The largest absolute Gasteiger partial charge is 0.504 e. The molecular formula is C24H24O8. The van der Waals surface area contributed by atoms with Gasteiger partial charge in [0.2, 0.25) is 0 Å². The summed E-state index contributed by atoms with van der Waals surface area (Å²) in [6.07, 6.45) is 6.28. The third kappa shape index (κ3) is 9.00. The van der Waals surface area contributed by atoms with E-state index in [1.807, 2.05) is 0 Å². The van der Waals surface area contributed by atoms with Crippen molar-refractivity contribution < 1.29 is 39.2 Å². The number of aliphatic carboxylic acids is 1. The van der Waals surface area contributed by atoms with Crippen molar-refractivity contribution in [2.24, 2.45) is 0 Å². The highest BCUT2D eigenvalue weighted by Gasteiger charge is 2.06. The van der Waals surface area contributed by atoms with Crippen LogP contribution in [0.5, 0.6) is 23.0 Å². The maximum atomic E-state index is 11.9. The van der Waals surface area contributed by atoms with Crippen molar-refractivity contribution in [3.8, 4) is 23.0 Å². The Morgan fingerprint density at radius 2 is 1.22 bits per heavy atom. The van der Waals surface area contributed by atoms with Gasteiger partial charge in [-0.15, -0.1) is 0 Å². The van der Waals surface area contributed by atoms with Gasteiger partial charge in [0.25, 0.3) is 0 Å². The standard InChI is InChI=1S/C21H20O6.C3H4O2/c1-26-20-11-14(5-9-18(20)24)3-7-16(22)13-17(23)8-4-15-6-10-19(25)21(12-15)27-2;1-2-3(4)5/h3-12,24-25H,13H2,1-2H3;2H,1H2,(H,4,5)/b7-3+,8-4+;. The maximum absolute atomic E-state index is 11.9. The number of ether oxygens (including phenoxy) is 2. The number of rotatable bonds is 9. The minimum atomic E-state index is -0.981. The first-order valence-corrected chi connectivity index (χ1v) is 9.21. The summed E-state index contributed by atoms with van der Waals surface area (Å²) in [5, 5.41) is 26.7. The van der Waals surface area contributed by atoms with Crippen LogP contribution in [0, 0.1) is 0 Å². The Labute approximate surface area is 185 Å². The zero-order valence-electron chi connectivity index (χ0n) is 17.6. The highest BCUT2D eigenvalue weighted by atomic mass is 16.5. The van der Waals surface area contributed by atoms with Gasteiger partial charge in [-0.2, -0.15) is 0 Å².